The van der Waals surface area contributed by atoms with Gasteiger partial charge in [-0.25, -0.2) is 0 Å². The minimum Gasteiger partial charge on any atom is -0.459 e. The van der Waals surface area contributed by atoms with Crippen molar-refractivity contribution in [3.63, 3.8) is 0 Å². The lowest BCUT2D eigenvalue weighted by atomic mass is 9.84. The smallest absolute Gasteiger partial charge is 0.138 e. The maximum absolute atomic E-state index is 6.18. The van der Waals surface area contributed by atoms with E-state index in [1.807, 2.05) is 0 Å². The van der Waals surface area contributed by atoms with Crippen molar-refractivity contribution in [2.75, 3.05) is 0 Å². The van der Waals surface area contributed by atoms with Crippen LogP contribution in [-0.2, 0) is 24.8 Å². The van der Waals surface area contributed by atoms with Gasteiger partial charge in [0.15, 0.2) is 0 Å². The van der Waals surface area contributed by atoms with Crippen LogP contribution >= 0.6 is 0 Å². The fraction of sp³-hybridized carbons (Fsp3) is 0.579. The van der Waals surface area contributed by atoms with Crippen LogP contribution < -0.4 is 5.73 Å². The van der Waals surface area contributed by atoms with Crippen LogP contribution in [0.4, 0.5) is 0 Å². The summed E-state index contributed by atoms with van der Waals surface area (Å²) in [4.78, 5) is 0. The molecule has 21 heavy (non-hydrogen) atoms. The lowest BCUT2D eigenvalue weighted by Crippen LogP contribution is -2.12. The van der Waals surface area contributed by atoms with Gasteiger partial charge in [-0.05, 0) is 35.8 Å². The number of hydrogen-bond donors (Lipinski definition) is 1. The first-order valence-electron chi connectivity index (χ1n) is 8.05. The maximum atomic E-state index is 6.18. The van der Waals surface area contributed by atoms with Gasteiger partial charge in [-0.3, -0.25) is 0 Å². The molecule has 0 amide bonds. The summed E-state index contributed by atoms with van der Waals surface area (Å²) in [5, 5.41) is 1.27. The van der Waals surface area contributed by atoms with Crippen LogP contribution in [0.15, 0.2) is 16.5 Å². The quantitative estimate of drug-likeness (QED) is 0.864. The summed E-state index contributed by atoms with van der Waals surface area (Å²) in [7, 11) is 0. The van der Waals surface area contributed by atoms with E-state index in [9.17, 15) is 0 Å². The van der Waals surface area contributed by atoms with Crippen LogP contribution in [-0.4, -0.2) is 0 Å². The van der Waals surface area contributed by atoms with E-state index >= 15 is 0 Å². The molecule has 1 aromatic heterocycles. The topological polar surface area (TPSA) is 39.2 Å². The molecule has 0 fully saturated rings. The zero-order valence-electron chi connectivity index (χ0n) is 14.3. The van der Waals surface area contributed by atoms with Gasteiger partial charge in [0.05, 0.1) is 6.54 Å². The van der Waals surface area contributed by atoms with E-state index < -0.39 is 0 Å². The molecule has 0 spiro atoms. The Morgan fingerprint density at radius 2 is 1.86 bits per heavy atom. The molecule has 0 aliphatic rings. The largest absolute Gasteiger partial charge is 0.459 e. The number of furan rings is 1. The molecule has 0 unspecified atom stereocenters. The van der Waals surface area contributed by atoms with E-state index in [2.05, 4.69) is 53.7 Å². The molecule has 0 saturated carbocycles. The van der Waals surface area contributed by atoms with E-state index in [-0.39, 0.29) is 5.41 Å². The zero-order valence-corrected chi connectivity index (χ0v) is 14.3. The lowest BCUT2D eigenvalue weighted by Gasteiger charge is -2.20. The van der Waals surface area contributed by atoms with Crippen molar-refractivity contribution in [3.8, 4) is 0 Å². The fourth-order valence-corrected chi connectivity index (χ4v) is 2.92. The van der Waals surface area contributed by atoms with Crippen LogP contribution in [0.5, 0.6) is 0 Å². The molecule has 2 rings (SSSR count). The second kappa shape index (κ2) is 5.84. The Balaban J connectivity index is 2.79. The van der Waals surface area contributed by atoms with Crippen LogP contribution in [0.2, 0.25) is 0 Å². The molecule has 2 N–H and O–H groups in total. The molecule has 0 radical (unpaired) electrons. The predicted molar refractivity (Wildman–Crippen MR) is 90.7 cm³/mol. The third kappa shape index (κ3) is 3.16. The van der Waals surface area contributed by atoms with E-state index in [1.54, 1.807) is 0 Å². The van der Waals surface area contributed by atoms with E-state index in [0.717, 1.165) is 24.2 Å². The molecule has 0 aliphatic carbocycles. The number of benzene rings is 1. The van der Waals surface area contributed by atoms with Gasteiger partial charge in [0.2, 0.25) is 0 Å². The minimum absolute atomic E-state index is 0.0717. The van der Waals surface area contributed by atoms with E-state index in [0.29, 0.717) is 12.5 Å². The van der Waals surface area contributed by atoms with Crippen molar-refractivity contribution in [1.82, 2.24) is 0 Å². The van der Waals surface area contributed by atoms with Crippen molar-refractivity contribution in [2.45, 2.75) is 66.3 Å². The summed E-state index contributed by atoms with van der Waals surface area (Å²) in [6.07, 6.45) is 2.07. The van der Waals surface area contributed by atoms with Crippen LogP contribution in [0.3, 0.4) is 0 Å². The summed E-state index contributed by atoms with van der Waals surface area (Å²) in [6.45, 7) is 13.9. The molecule has 1 heterocycles. The third-order valence-corrected chi connectivity index (χ3v) is 4.05. The molecular weight excluding hydrogens is 258 g/mol. The fourth-order valence-electron chi connectivity index (χ4n) is 2.92. The highest BCUT2D eigenvalue weighted by molar-refractivity contribution is 5.87. The van der Waals surface area contributed by atoms with Crippen molar-refractivity contribution < 1.29 is 4.42 Å². The van der Waals surface area contributed by atoms with Gasteiger partial charge in [0, 0.05) is 16.5 Å². The van der Waals surface area contributed by atoms with Crippen molar-refractivity contribution in [2.24, 2.45) is 11.7 Å². The summed E-state index contributed by atoms with van der Waals surface area (Å²) in [5.41, 5.74) is 11.0. The van der Waals surface area contributed by atoms with E-state index in [4.69, 9.17) is 10.2 Å². The van der Waals surface area contributed by atoms with Crippen LogP contribution in [0.25, 0.3) is 11.0 Å². The number of aryl methyl sites for hydroxylation is 1. The molecule has 2 heteroatoms. The average molecular weight is 287 g/mol. The average Bonchev–Trinajstić information content (AvgIpc) is 2.73. The van der Waals surface area contributed by atoms with Crippen molar-refractivity contribution in [1.29, 1.82) is 0 Å². The molecule has 0 atom stereocenters. The third-order valence-electron chi connectivity index (χ3n) is 4.05. The number of nitrogens with two attached hydrogens (primary N) is 1. The Bertz CT molecular complexity index is 629. The Kier molecular flexibility index (Phi) is 4.48. The molecule has 1 aromatic carbocycles. The monoisotopic (exact) mass is 287 g/mol. The van der Waals surface area contributed by atoms with Gasteiger partial charge in [0.25, 0.3) is 0 Å². The SMILES string of the molecule is CCc1cc(C(C)(C)C)c2oc(CN)c(CC(C)C)c2c1. The minimum atomic E-state index is 0.0717. The van der Waals surface area contributed by atoms with Gasteiger partial charge >= 0.3 is 0 Å². The van der Waals surface area contributed by atoms with Crippen molar-refractivity contribution >= 4 is 11.0 Å². The van der Waals surface area contributed by atoms with Gasteiger partial charge in [0.1, 0.15) is 11.3 Å². The highest BCUT2D eigenvalue weighted by atomic mass is 16.3. The second-order valence-corrected chi connectivity index (χ2v) is 7.43. The summed E-state index contributed by atoms with van der Waals surface area (Å²) >= 11 is 0. The van der Waals surface area contributed by atoms with Gasteiger partial charge < -0.3 is 10.2 Å². The normalized spacial score (nSPS) is 12.6. The second-order valence-electron chi connectivity index (χ2n) is 7.43. The van der Waals surface area contributed by atoms with Gasteiger partial charge in [-0.2, -0.15) is 0 Å². The lowest BCUT2D eigenvalue weighted by molar-refractivity contribution is 0.517. The Morgan fingerprint density at radius 1 is 1.19 bits per heavy atom. The van der Waals surface area contributed by atoms with Crippen LogP contribution in [0, 0.1) is 5.92 Å². The first kappa shape index (κ1) is 16.1. The molecule has 0 bridgehead atoms. The summed E-state index contributed by atoms with van der Waals surface area (Å²) in [6, 6.07) is 4.59. The Morgan fingerprint density at radius 3 is 2.33 bits per heavy atom. The predicted octanol–water partition coefficient (Wildman–Crippen LogP) is 4.95. The molecular formula is C19H29NO. The summed E-state index contributed by atoms with van der Waals surface area (Å²) in [5.74, 6) is 1.55. The number of hydrogen-bond acceptors (Lipinski definition) is 2. The molecule has 116 valence electrons. The molecule has 0 aliphatic heterocycles. The van der Waals surface area contributed by atoms with Crippen molar-refractivity contribution in [3.05, 3.63) is 34.6 Å². The van der Waals surface area contributed by atoms with Gasteiger partial charge in [-0.1, -0.05) is 47.6 Å². The highest BCUT2D eigenvalue weighted by Crippen LogP contribution is 2.37. The van der Waals surface area contributed by atoms with Crippen LogP contribution in [0.1, 0.15) is 64.0 Å². The standard InChI is InChI=1S/C19H29NO/c1-7-13-9-15-14(8-12(2)3)17(11-20)21-18(15)16(10-13)19(4,5)6/h9-10,12H,7-8,11,20H2,1-6H3. The first-order chi connectivity index (χ1) is 9.77. The van der Waals surface area contributed by atoms with E-state index in [1.165, 1.54) is 22.1 Å². The molecule has 0 saturated heterocycles. The summed E-state index contributed by atoms with van der Waals surface area (Å²) < 4.78 is 6.18. The number of fused-ring (bicyclic) bond motifs is 1. The Labute approximate surface area is 128 Å². The highest BCUT2D eigenvalue weighted by Gasteiger charge is 2.23. The first-order valence-corrected chi connectivity index (χ1v) is 8.05. The van der Waals surface area contributed by atoms with Gasteiger partial charge in [-0.15, -0.1) is 0 Å². The molecule has 2 nitrogen and oxygen atoms in total. The molecule has 2 aromatic rings. The number of rotatable bonds is 4. The Hall–Kier alpha value is -1.28. The maximum Gasteiger partial charge on any atom is 0.138 e. The zero-order chi connectivity index (χ0) is 15.8.